The van der Waals surface area contributed by atoms with Crippen LogP contribution in [0.3, 0.4) is 0 Å². The molecule has 0 amide bonds. The summed E-state index contributed by atoms with van der Waals surface area (Å²) in [5.41, 5.74) is 0.408. The standard InChI is InChI=1S/C16H12O6/c1-6-3-7-11(10(4-6)22-2)15(20)12-8(13(7)18)5-9(17)14(19)16(12)21/h3-5,17,19,21H,1-2H3. The van der Waals surface area contributed by atoms with Gasteiger partial charge in [0.25, 0.3) is 0 Å². The van der Waals surface area contributed by atoms with Gasteiger partial charge in [0.1, 0.15) is 5.75 Å². The zero-order chi connectivity index (χ0) is 16.2. The maximum atomic E-state index is 12.6. The molecule has 6 heteroatoms. The van der Waals surface area contributed by atoms with Gasteiger partial charge >= 0.3 is 0 Å². The van der Waals surface area contributed by atoms with Crippen molar-refractivity contribution in [3.05, 3.63) is 46.0 Å². The Morgan fingerprint density at radius 1 is 0.864 bits per heavy atom. The Kier molecular flexibility index (Phi) is 2.84. The highest BCUT2D eigenvalue weighted by Gasteiger charge is 2.36. The second-order valence-electron chi connectivity index (χ2n) is 5.06. The minimum Gasteiger partial charge on any atom is -0.504 e. The molecule has 3 rings (SSSR count). The van der Waals surface area contributed by atoms with Crippen LogP contribution in [0.5, 0.6) is 23.0 Å². The fourth-order valence-corrected chi connectivity index (χ4v) is 2.65. The quantitative estimate of drug-likeness (QED) is 0.593. The molecule has 0 aromatic heterocycles. The van der Waals surface area contributed by atoms with Crippen molar-refractivity contribution in [1.82, 2.24) is 0 Å². The third kappa shape index (κ3) is 1.67. The molecule has 0 atom stereocenters. The van der Waals surface area contributed by atoms with Gasteiger partial charge in [-0.25, -0.2) is 0 Å². The number of aromatic hydroxyl groups is 3. The molecule has 1 aliphatic carbocycles. The second kappa shape index (κ2) is 4.49. The van der Waals surface area contributed by atoms with Crippen molar-refractivity contribution in [3.8, 4) is 23.0 Å². The average molecular weight is 300 g/mol. The summed E-state index contributed by atoms with van der Waals surface area (Å²) in [7, 11) is 1.37. The Hall–Kier alpha value is -3.02. The van der Waals surface area contributed by atoms with Gasteiger partial charge in [0, 0.05) is 11.1 Å². The van der Waals surface area contributed by atoms with E-state index in [1.807, 2.05) is 0 Å². The first-order valence-electron chi connectivity index (χ1n) is 6.42. The number of phenolic OH excluding ortho intramolecular Hbond substituents is 3. The molecule has 0 radical (unpaired) electrons. The Balaban J connectivity index is 2.40. The number of phenols is 3. The summed E-state index contributed by atoms with van der Waals surface area (Å²) in [5, 5.41) is 29.1. The topological polar surface area (TPSA) is 104 Å². The van der Waals surface area contributed by atoms with E-state index in [1.165, 1.54) is 7.11 Å². The van der Waals surface area contributed by atoms with Crippen molar-refractivity contribution < 1.29 is 29.6 Å². The zero-order valence-electron chi connectivity index (χ0n) is 11.8. The summed E-state index contributed by atoms with van der Waals surface area (Å²) in [5.74, 6) is -3.28. The number of ether oxygens (including phenoxy) is 1. The molecule has 0 bridgehead atoms. The monoisotopic (exact) mass is 300 g/mol. The molecule has 3 N–H and O–H groups in total. The molecule has 0 fully saturated rings. The van der Waals surface area contributed by atoms with Crippen LogP contribution in [0.1, 0.15) is 37.4 Å². The third-order valence-electron chi connectivity index (χ3n) is 3.66. The highest BCUT2D eigenvalue weighted by atomic mass is 16.5. The van der Waals surface area contributed by atoms with Crippen LogP contribution < -0.4 is 4.74 Å². The van der Waals surface area contributed by atoms with Gasteiger partial charge in [0.2, 0.25) is 11.5 Å². The van der Waals surface area contributed by atoms with Crippen molar-refractivity contribution in [2.24, 2.45) is 0 Å². The SMILES string of the molecule is COc1cc(C)cc2c1C(=O)c1c(cc(O)c(O)c1O)C2=O. The molecular formula is C16H12O6. The van der Waals surface area contributed by atoms with Gasteiger partial charge in [-0.15, -0.1) is 0 Å². The van der Waals surface area contributed by atoms with Crippen molar-refractivity contribution in [3.63, 3.8) is 0 Å². The summed E-state index contributed by atoms with van der Waals surface area (Å²) < 4.78 is 5.15. The van der Waals surface area contributed by atoms with Gasteiger partial charge in [-0.05, 0) is 30.7 Å². The molecule has 2 aromatic carbocycles. The molecule has 112 valence electrons. The molecule has 22 heavy (non-hydrogen) atoms. The Morgan fingerprint density at radius 3 is 2.14 bits per heavy atom. The van der Waals surface area contributed by atoms with Crippen LogP contribution in [0.15, 0.2) is 18.2 Å². The number of ketones is 2. The van der Waals surface area contributed by atoms with E-state index < -0.39 is 28.8 Å². The normalized spacial score (nSPS) is 12.8. The number of fused-ring (bicyclic) bond motifs is 2. The number of carbonyl (C=O) groups is 2. The first-order valence-corrected chi connectivity index (χ1v) is 6.42. The van der Waals surface area contributed by atoms with Gasteiger partial charge < -0.3 is 20.1 Å². The highest BCUT2D eigenvalue weighted by molar-refractivity contribution is 6.30. The van der Waals surface area contributed by atoms with Gasteiger partial charge in [0.05, 0.1) is 18.2 Å². The Morgan fingerprint density at radius 2 is 1.50 bits per heavy atom. The van der Waals surface area contributed by atoms with E-state index in [2.05, 4.69) is 0 Å². The lowest BCUT2D eigenvalue weighted by Gasteiger charge is -2.21. The van der Waals surface area contributed by atoms with E-state index in [1.54, 1.807) is 19.1 Å². The van der Waals surface area contributed by atoms with E-state index in [4.69, 9.17) is 4.74 Å². The van der Waals surface area contributed by atoms with Gasteiger partial charge in [0.15, 0.2) is 17.3 Å². The number of hydrogen-bond donors (Lipinski definition) is 3. The van der Waals surface area contributed by atoms with Crippen LogP contribution in [-0.2, 0) is 0 Å². The number of aryl methyl sites for hydroxylation is 1. The molecule has 2 aromatic rings. The predicted molar refractivity (Wildman–Crippen MR) is 76.0 cm³/mol. The summed E-state index contributed by atoms with van der Waals surface area (Å²) in [6, 6.07) is 4.12. The largest absolute Gasteiger partial charge is 0.504 e. The van der Waals surface area contributed by atoms with Gasteiger partial charge in [-0.2, -0.15) is 0 Å². The fraction of sp³-hybridized carbons (Fsp3) is 0.125. The molecular weight excluding hydrogens is 288 g/mol. The van der Waals surface area contributed by atoms with Crippen LogP contribution in [0, 0.1) is 6.92 Å². The van der Waals surface area contributed by atoms with Crippen molar-refractivity contribution in [2.45, 2.75) is 6.92 Å². The molecule has 0 spiro atoms. The van der Waals surface area contributed by atoms with Crippen molar-refractivity contribution in [1.29, 1.82) is 0 Å². The predicted octanol–water partition coefficient (Wildman–Crippen LogP) is 1.90. The van der Waals surface area contributed by atoms with Crippen molar-refractivity contribution in [2.75, 3.05) is 7.11 Å². The molecule has 0 saturated heterocycles. The van der Waals surface area contributed by atoms with Crippen LogP contribution in [0.2, 0.25) is 0 Å². The van der Waals surface area contributed by atoms with Crippen LogP contribution in [0.25, 0.3) is 0 Å². The smallest absolute Gasteiger partial charge is 0.202 e. The van der Waals surface area contributed by atoms with E-state index in [0.717, 1.165) is 11.6 Å². The zero-order valence-corrected chi connectivity index (χ0v) is 11.8. The lowest BCUT2D eigenvalue weighted by atomic mass is 9.82. The summed E-state index contributed by atoms with van der Waals surface area (Å²) >= 11 is 0. The number of benzene rings is 2. The van der Waals surface area contributed by atoms with Gasteiger partial charge in [-0.3, -0.25) is 9.59 Å². The Labute approximate surface area is 125 Å². The first-order chi connectivity index (χ1) is 10.4. The second-order valence-corrected chi connectivity index (χ2v) is 5.06. The van der Waals surface area contributed by atoms with E-state index >= 15 is 0 Å². The molecule has 0 heterocycles. The molecule has 6 nitrogen and oxygen atoms in total. The minimum atomic E-state index is -0.838. The van der Waals surface area contributed by atoms with Crippen LogP contribution in [0.4, 0.5) is 0 Å². The average Bonchev–Trinajstić information content (AvgIpc) is 2.48. The molecule has 1 aliphatic rings. The number of hydrogen-bond acceptors (Lipinski definition) is 6. The summed E-state index contributed by atoms with van der Waals surface area (Å²) in [6.07, 6.45) is 0. The van der Waals surface area contributed by atoms with Crippen LogP contribution in [-0.4, -0.2) is 34.0 Å². The van der Waals surface area contributed by atoms with E-state index in [9.17, 15) is 24.9 Å². The lowest BCUT2D eigenvalue weighted by Crippen LogP contribution is -2.22. The number of rotatable bonds is 1. The van der Waals surface area contributed by atoms with E-state index in [-0.39, 0.29) is 28.0 Å². The van der Waals surface area contributed by atoms with Crippen molar-refractivity contribution >= 4 is 11.6 Å². The summed E-state index contributed by atoms with van der Waals surface area (Å²) in [6.45, 7) is 1.75. The van der Waals surface area contributed by atoms with Crippen LogP contribution >= 0.6 is 0 Å². The molecule has 0 saturated carbocycles. The number of methoxy groups -OCH3 is 1. The Bertz CT molecular complexity index is 850. The third-order valence-corrected chi connectivity index (χ3v) is 3.66. The lowest BCUT2D eigenvalue weighted by molar-refractivity contribution is 0.0973. The maximum absolute atomic E-state index is 12.6. The summed E-state index contributed by atoms with van der Waals surface area (Å²) in [4.78, 5) is 25.2. The maximum Gasteiger partial charge on any atom is 0.202 e. The van der Waals surface area contributed by atoms with Gasteiger partial charge in [-0.1, -0.05) is 0 Å². The molecule has 0 aliphatic heterocycles. The highest BCUT2D eigenvalue weighted by Crippen LogP contribution is 2.45. The fourth-order valence-electron chi connectivity index (χ4n) is 2.65. The number of carbonyl (C=O) groups excluding carboxylic acids is 2. The van der Waals surface area contributed by atoms with E-state index in [0.29, 0.717) is 0 Å². The molecule has 0 unspecified atom stereocenters. The first kappa shape index (κ1) is 13.9. The minimum absolute atomic E-state index is 0.0333.